The third-order valence-electron chi connectivity index (χ3n) is 2.80. The molecule has 1 atom stereocenters. The van der Waals surface area contributed by atoms with Crippen molar-refractivity contribution in [3.63, 3.8) is 0 Å². The van der Waals surface area contributed by atoms with Crippen molar-refractivity contribution in [2.75, 3.05) is 21.2 Å². The first-order valence-electron chi connectivity index (χ1n) is 5.57. The molecule has 0 spiro atoms. The highest BCUT2D eigenvalue weighted by atomic mass is 16.5. The van der Waals surface area contributed by atoms with Gasteiger partial charge in [0.05, 0.1) is 13.3 Å². The highest BCUT2D eigenvalue weighted by molar-refractivity contribution is 5.40. The lowest BCUT2D eigenvalue weighted by atomic mass is 10.00. The van der Waals surface area contributed by atoms with Crippen LogP contribution in [0.15, 0.2) is 18.2 Å². The molecule has 1 rings (SSSR count). The number of hydrogen-bond acceptors (Lipinski definition) is 3. The van der Waals surface area contributed by atoms with Gasteiger partial charge in [-0.05, 0) is 31.6 Å². The van der Waals surface area contributed by atoms with Crippen LogP contribution in [0, 0.1) is 0 Å². The minimum atomic E-state index is -0.129. The summed E-state index contributed by atoms with van der Waals surface area (Å²) >= 11 is 0. The molecule has 0 amide bonds. The quantitative estimate of drug-likeness (QED) is 0.795. The van der Waals surface area contributed by atoms with E-state index in [0.717, 1.165) is 11.3 Å². The van der Waals surface area contributed by atoms with Crippen LogP contribution in [-0.2, 0) is 0 Å². The van der Waals surface area contributed by atoms with Gasteiger partial charge in [-0.25, -0.2) is 0 Å². The Morgan fingerprint density at radius 2 is 1.88 bits per heavy atom. The lowest BCUT2D eigenvalue weighted by molar-refractivity contribution is 0.295. The number of nitrogens with two attached hydrogens (primary N) is 1. The van der Waals surface area contributed by atoms with Gasteiger partial charge in [0, 0.05) is 5.56 Å². The second-order valence-corrected chi connectivity index (χ2v) is 4.56. The van der Waals surface area contributed by atoms with E-state index in [0.29, 0.717) is 5.92 Å². The van der Waals surface area contributed by atoms with Crippen molar-refractivity contribution in [1.29, 1.82) is 0 Å². The fourth-order valence-electron chi connectivity index (χ4n) is 1.61. The molecule has 0 aromatic heterocycles. The van der Waals surface area contributed by atoms with E-state index in [1.807, 2.05) is 19.0 Å². The largest absolute Gasteiger partial charge is 0.496 e. The van der Waals surface area contributed by atoms with Crippen LogP contribution in [0.25, 0.3) is 0 Å². The van der Waals surface area contributed by atoms with Crippen LogP contribution in [0.1, 0.15) is 37.1 Å². The van der Waals surface area contributed by atoms with E-state index >= 15 is 0 Å². The Balaban J connectivity index is 3.11. The smallest absolute Gasteiger partial charge is 0.125 e. The molecule has 1 unspecified atom stereocenters. The molecule has 0 aliphatic rings. The fraction of sp³-hybridized carbons (Fsp3) is 0.538. The molecular formula is C13H22N2O. The van der Waals surface area contributed by atoms with Crippen molar-refractivity contribution in [1.82, 2.24) is 4.90 Å². The van der Waals surface area contributed by atoms with E-state index in [1.54, 1.807) is 7.11 Å². The van der Waals surface area contributed by atoms with E-state index in [-0.39, 0.29) is 6.17 Å². The van der Waals surface area contributed by atoms with Gasteiger partial charge < -0.3 is 10.5 Å². The fourth-order valence-corrected chi connectivity index (χ4v) is 1.61. The standard InChI is InChI=1S/C13H22N2O/c1-9(2)10-6-7-11(12(8-10)16-5)13(14)15(3)4/h6-9,13H,14H2,1-5H3. The summed E-state index contributed by atoms with van der Waals surface area (Å²) in [6.07, 6.45) is -0.129. The molecule has 0 aliphatic carbocycles. The molecule has 1 aromatic carbocycles. The maximum Gasteiger partial charge on any atom is 0.125 e. The van der Waals surface area contributed by atoms with E-state index in [2.05, 4.69) is 32.0 Å². The molecule has 0 aliphatic heterocycles. The molecule has 0 fully saturated rings. The molecule has 1 aromatic rings. The highest BCUT2D eigenvalue weighted by Crippen LogP contribution is 2.28. The van der Waals surface area contributed by atoms with Gasteiger partial charge in [-0.15, -0.1) is 0 Å². The third kappa shape index (κ3) is 2.74. The van der Waals surface area contributed by atoms with Gasteiger partial charge in [-0.3, -0.25) is 4.90 Å². The van der Waals surface area contributed by atoms with Crippen molar-refractivity contribution in [3.05, 3.63) is 29.3 Å². The molecule has 0 bridgehead atoms. The first-order chi connectivity index (χ1) is 7.47. The van der Waals surface area contributed by atoms with Crippen LogP contribution in [0.3, 0.4) is 0 Å². The van der Waals surface area contributed by atoms with Gasteiger partial charge in [0.1, 0.15) is 5.75 Å². The van der Waals surface area contributed by atoms with Crippen LogP contribution < -0.4 is 10.5 Å². The molecule has 3 nitrogen and oxygen atoms in total. The van der Waals surface area contributed by atoms with Crippen LogP contribution in [-0.4, -0.2) is 26.1 Å². The number of hydrogen-bond donors (Lipinski definition) is 1. The van der Waals surface area contributed by atoms with Gasteiger partial charge >= 0.3 is 0 Å². The minimum absolute atomic E-state index is 0.129. The highest BCUT2D eigenvalue weighted by Gasteiger charge is 2.14. The molecule has 90 valence electrons. The van der Waals surface area contributed by atoms with Crippen LogP contribution in [0.4, 0.5) is 0 Å². The van der Waals surface area contributed by atoms with Crippen molar-refractivity contribution in [2.45, 2.75) is 25.9 Å². The average molecular weight is 222 g/mol. The average Bonchev–Trinajstić information content (AvgIpc) is 2.26. The summed E-state index contributed by atoms with van der Waals surface area (Å²) in [5.41, 5.74) is 8.38. The van der Waals surface area contributed by atoms with Gasteiger partial charge in [0.25, 0.3) is 0 Å². The summed E-state index contributed by atoms with van der Waals surface area (Å²) in [7, 11) is 5.60. The summed E-state index contributed by atoms with van der Waals surface area (Å²) in [4.78, 5) is 1.97. The molecule has 3 heteroatoms. The summed E-state index contributed by atoms with van der Waals surface area (Å²) in [6, 6.07) is 6.24. The summed E-state index contributed by atoms with van der Waals surface area (Å²) in [5.74, 6) is 1.37. The molecule has 2 N–H and O–H groups in total. The maximum atomic E-state index is 6.09. The van der Waals surface area contributed by atoms with Crippen molar-refractivity contribution < 1.29 is 4.74 Å². The van der Waals surface area contributed by atoms with Crippen LogP contribution >= 0.6 is 0 Å². The molecule has 16 heavy (non-hydrogen) atoms. The van der Waals surface area contributed by atoms with E-state index < -0.39 is 0 Å². The van der Waals surface area contributed by atoms with E-state index in [4.69, 9.17) is 10.5 Å². The number of methoxy groups -OCH3 is 1. The zero-order valence-electron chi connectivity index (χ0n) is 10.8. The van der Waals surface area contributed by atoms with Gasteiger partial charge in [-0.1, -0.05) is 26.0 Å². The van der Waals surface area contributed by atoms with Crippen LogP contribution in [0.5, 0.6) is 5.75 Å². The van der Waals surface area contributed by atoms with E-state index in [9.17, 15) is 0 Å². The topological polar surface area (TPSA) is 38.5 Å². The van der Waals surface area contributed by atoms with Gasteiger partial charge in [0.2, 0.25) is 0 Å². The van der Waals surface area contributed by atoms with Gasteiger partial charge in [0.15, 0.2) is 0 Å². The SMILES string of the molecule is COc1cc(C(C)C)ccc1C(N)N(C)C. The molecule has 0 radical (unpaired) electrons. The van der Waals surface area contributed by atoms with Crippen molar-refractivity contribution >= 4 is 0 Å². The Labute approximate surface area is 98.2 Å². The monoisotopic (exact) mass is 222 g/mol. The summed E-state index contributed by atoms with van der Waals surface area (Å²) in [6.45, 7) is 4.33. The zero-order chi connectivity index (χ0) is 12.3. The van der Waals surface area contributed by atoms with E-state index in [1.165, 1.54) is 5.56 Å². The van der Waals surface area contributed by atoms with Crippen molar-refractivity contribution in [3.8, 4) is 5.75 Å². The second-order valence-electron chi connectivity index (χ2n) is 4.56. The Bertz CT molecular complexity index is 348. The number of rotatable bonds is 4. The minimum Gasteiger partial charge on any atom is -0.496 e. The molecule has 0 heterocycles. The predicted molar refractivity (Wildman–Crippen MR) is 67.7 cm³/mol. The summed E-state index contributed by atoms with van der Waals surface area (Å²) < 4.78 is 5.40. The first-order valence-corrected chi connectivity index (χ1v) is 5.57. The third-order valence-corrected chi connectivity index (χ3v) is 2.80. The summed E-state index contributed by atoms with van der Waals surface area (Å²) in [5, 5.41) is 0. The second kappa shape index (κ2) is 5.32. The Morgan fingerprint density at radius 3 is 2.31 bits per heavy atom. The zero-order valence-corrected chi connectivity index (χ0v) is 10.8. The molecule has 0 saturated carbocycles. The Hall–Kier alpha value is -1.06. The first kappa shape index (κ1) is 13.0. The van der Waals surface area contributed by atoms with Crippen molar-refractivity contribution in [2.24, 2.45) is 5.73 Å². The number of ether oxygens (including phenoxy) is 1. The lowest BCUT2D eigenvalue weighted by Crippen LogP contribution is -2.27. The maximum absolute atomic E-state index is 6.09. The predicted octanol–water partition coefficient (Wildman–Crippen LogP) is 2.34. The Morgan fingerprint density at radius 1 is 1.25 bits per heavy atom. The molecular weight excluding hydrogens is 200 g/mol. The molecule has 0 saturated heterocycles. The Kier molecular flexibility index (Phi) is 4.33. The van der Waals surface area contributed by atoms with Gasteiger partial charge in [-0.2, -0.15) is 0 Å². The normalized spacial score (nSPS) is 13.2. The van der Waals surface area contributed by atoms with Crippen LogP contribution in [0.2, 0.25) is 0 Å². The number of benzene rings is 1. The lowest BCUT2D eigenvalue weighted by Gasteiger charge is -2.23. The number of nitrogens with zero attached hydrogens (tertiary/aromatic N) is 1.